The molecule has 2 N–H and O–H groups in total. The molecule has 4 heteroatoms. The average Bonchev–Trinajstić information content (AvgIpc) is 1.85. The van der Waals surface area contributed by atoms with Crippen LogP contribution in [0.15, 0.2) is 0 Å². The second-order valence-corrected chi connectivity index (χ2v) is 3.60. The summed E-state index contributed by atoms with van der Waals surface area (Å²) < 4.78 is 11.0. The topological polar surface area (TPSA) is 44.5 Å². The predicted molar refractivity (Wildman–Crippen MR) is 50.7 cm³/mol. The van der Waals surface area contributed by atoms with Crippen molar-refractivity contribution in [3.05, 3.63) is 0 Å². The summed E-state index contributed by atoms with van der Waals surface area (Å²) in [7, 11) is 0. The fourth-order valence-corrected chi connectivity index (χ4v) is 1.55. The van der Waals surface area contributed by atoms with Crippen LogP contribution in [0.2, 0.25) is 0 Å². The van der Waals surface area contributed by atoms with Crippen molar-refractivity contribution in [1.29, 1.82) is 0 Å². The van der Waals surface area contributed by atoms with Gasteiger partial charge in [-0.2, -0.15) is 0 Å². The summed E-state index contributed by atoms with van der Waals surface area (Å²) in [5.74, 6) is 0. The normalized spacial score (nSPS) is 30.5. The third-order valence-electron chi connectivity index (χ3n) is 2.02. The quantitative estimate of drug-likeness (QED) is 0.678. The highest BCUT2D eigenvalue weighted by Gasteiger charge is 2.36. The highest BCUT2D eigenvalue weighted by atomic mass is 35.5. The molecule has 12 heavy (non-hydrogen) atoms. The first-order chi connectivity index (χ1) is 5.04. The largest absolute Gasteiger partial charge is 0.371 e. The number of nitrogens with two attached hydrogens (primary N) is 1. The number of halogens is 1. The van der Waals surface area contributed by atoms with Crippen LogP contribution in [-0.2, 0) is 9.47 Å². The first kappa shape index (κ1) is 12.2. The van der Waals surface area contributed by atoms with Gasteiger partial charge in [-0.1, -0.05) is 0 Å². The molecule has 0 radical (unpaired) electrons. The van der Waals surface area contributed by atoms with Gasteiger partial charge in [-0.15, -0.1) is 12.4 Å². The minimum absolute atomic E-state index is 0. The van der Waals surface area contributed by atoms with E-state index in [1.54, 1.807) is 0 Å². The fraction of sp³-hybridized carbons (Fsp3) is 1.00. The molecule has 0 aromatic rings. The van der Waals surface area contributed by atoms with Crippen LogP contribution in [0.5, 0.6) is 0 Å². The van der Waals surface area contributed by atoms with Crippen molar-refractivity contribution in [1.82, 2.24) is 0 Å². The minimum atomic E-state index is -0.230. The summed E-state index contributed by atoms with van der Waals surface area (Å²) in [6.45, 7) is 7.31. The lowest BCUT2D eigenvalue weighted by Crippen LogP contribution is -2.54. The van der Waals surface area contributed by atoms with Crippen molar-refractivity contribution in [3.8, 4) is 0 Å². The molecule has 1 saturated heterocycles. The third kappa shape index (κ3) is 2.59. The van der Waals surface area contributed by atoms with Gasteiger partial charge in [-0.3, -0.25) is 0 Å². The van der Waals surface area contributed by atoms with Gasteiger partial charge in [0.05, 0.1) is 18.8 Å². The average molecular weight is 196 g/mol. The zero-order valence-electron chi connectivity index (χ0n) is 7.87. The standard InChI is InChI=1S/C8H17NO2.ClH/c1-6(9)7-8(2,3)11-5-4-10-7;/h6-7H,4-5,9H2,1-3H3;1H. The van der Waals surface area contributed by atoms with Crippen LogP contribution in [0.4, 0.5) is 0 Å². The molecule has 1 fully saturated rings. The van der Waals surface area contributed by atoms with Gasteiger partial charge in [0.1, 0.15) is 6.10 Å². The molecule has 0 amide bonds. The van der Waals surface area contributed by atoms with Gasteiger partial charge < -0.3 is 15.2 Å². The number of ether oxygens (including phenoxy) is 2. The number of hydrogen-bond acceptors (Lipinski definition) is 3. The molecule has 0 saturated carbocycles. The van der Waals surface area contributed by atoms with E-state index < -0.39 is 0 Å². The van der Waals surface area contributed by atoms with Gasteiger partial charge >= 0.3 is 0 Å². The lowest BCUT2D eigenvalue weighted by atomic mass is 9.95. The molecule has 0 aromatic carbocycles. The van der Waals surface area contributed by atoms with Crippen LogP contribution in [-0.4, -0.2) is 31.0 Å². The van der Waals surface area contributed by atoms with Crippen molar-refractivity contribution < 1.29 is 9.47 Å². The molecule has 74 valence electrons. The maximum Gasteiger partial charge on any atom is 0.101 e. The number of hydrogen-bond donors (Lipinski definition) is 1. The van der Waals surface area contributed by atoms with E-state index in [0.29, 0.717) is 13.2 Å². The Morgan fingerprint density at radius 1 is 1.42 bits per heavy atom. The minimum Gasteiger partial charge on any atom is -0.371 e. The second-order valence-electron chi connectivity index (χ2n) is 3.60. The fourth-order valence-electron chi connectivity index (χ4n) is 1.55. The Bertz CT molecular complexity index is 139. The van der Waals surface area contributed by atoms with Gasteiger partial charge in [0, 0.05) is 6.04 Å². The first-order valence-electron chi connectivity index (χ1n) is 4.05. The molecule has 0 spiro atoms. The molecule has 0 bridgehead atoms. The van der Waals surface area contributed by atoms with Crippen LogP contribution in [0.25, 0.3) is 0 Å². The molecule has 1 rings (SSSR count). The van der Waals surface area contributed by atoms with Crippen LogP contribution in [0, 0.1) is 0 Å². The van der Waals surface area contributed by atoms with Crippen LogP contribution in [0.3, 0.4) is 0 Å². The summed E-state index contributed by atoms with van der Waals surface area (Å²) in [5.41, 5.74) is 5.51. The van der Waals surface area contributed by atoms with Crippen LogP contribution < -0.4 is 5.73 Å². The number of rotatable bonds is 1. The third-order valence-corrected chi connectivity index (χ3v) is 2.02. The van der Waals surface area contributed by atoms with Crippen LogP contribution in [0.1, 0.15) is 20.8 Å². The van der Waals surface area contributed by atoms with E-state index in [1.807, 2.05) is 20.8 Å². The molecule has 3 nitrogen and oxygen atoms in total. The summed E-state index contributed by atoms with van der Waals surface area (Å²) in [5, 5.41) is 0. The maximum absolute atomic E-state index is 5.74. The van der Waals surface area contributed by atoms with E-state index in [-0.39, 0.29) is 30.2 Å². The molecular weight excluding hydrogens is 178 g/mol. The second kappa shape index (κ2) is 4.42. The zero-order chi connectivity index (χ0) is 8.48. The monoisotopic (exact) mass is 195 g/mol. The lowest BCUT2D eigenvalue weighted by molar-refractivity contribution is -0.191. The van der Waals surface area contributed by atoms with E-state index >= 15 is 0 Å². The Labute approximate surface area is 80.0 Å². The molecule has 0 aliphatic carbocycles. The van der Waals surface area contributed by atoms with Crippen molar-refractivity contribution >= 4 is 12.4 Å². The van der Waals surface area contributed by atoms with Gasteiger partial charge in [-0.25, -0.2) is 0 Å². The Kier molecular flexibility index (Phi) is 4.48. The Morgan fingerprint density at radius 2 is 2.00 bits per heavy atom. The maximum atomic E-state index is 5.74. The predicted octanol–water partition coefficient (Wildman–Crippen LogP) is 0.949. The SMILES string of the molecule is CC(N)C1OCCOC1(C)C.Cl. The van der Waals surface area contributed by atoms with Crippen LogP contribution >= 0.6 is 12.4 Å². The smallest absolute Gasteiger partial charge is 0.101 e. The summed E-state index contributed by atoms with van der Waals surface area (Å²) in [4.78, 5) is 0. The van der Waals surface area contributed by atoms with E-state index in [1.165, 1.54) is 0 Å². The van der Waals surface area contributed by atoms with E-state index in [0.717, 1.165) is 0 Å². The van der Waals surface area contributed by atoms with E-state index in [2.05, 4.69) is 0 Å². The van der Waals surface area contributed by atoms with Crippen molar-refractivity contribution in [3.63, 3.8) is 0 Å². The van der Waals surface area contributed by atoms with Gasteiger partial charge in [0.25, 0.3) is 0 Å². The van der Waals surface area contributed by atoms with E-state index in [9.17, 15) is 0 Å². The zero-order valence-corrected chi connectivity index (χ0v) is 8.69. The Morgan fingerprint density at radius 3 is 2.33 bits per heavy atom. The van der Waals surface area contributed by atoms with Gasteiger partial charge in [0.15, 0.2) is 0 Å². The van der Waals surface area contributed by atoms with E-state index in [4.69, 9.17) is 15.2 Å². The molecule has 0 aromatic heterocycles. The van der Waals surface area contributed by atoms with Gasteiger partial charge in [-0.05, 0) is 20.8 Å². The summed E-state index contributed by atoms with van der Waals surface area (Å²) in [6.07, 6.45) is 0.0243. The molecule has 1 aliphatic heterocycles. The van der Waals surface area contributed by atoms with Crippen molar-refractivity contribution in [2.75, 3.05) is 13.2 Å². The summed E-state index contributed by atoms with van der Waals surface area (Å²) in [6, 6.07) is 0.0327. The molecule has 1 heterocycles. The molecule has 2 unspecified atom stereocenters. The molecular formula is C8H18ClNO2. The lowest BCUT2D eigenvalue weighted by Gasteiger charge is -2.40. The van der Waals surface area contributed by atoms with Gasteiger partial charge in [0.2, 0.25) is 0 Å². The molecule has 1 aliphatic rings. The first-order valence-corrected chi connectivity index (χ1v) is 4.05. The highest BCUT2D eigenvalue weighted by molar-refractivity contribution is 5.85. The Balaban J connectivity index is 0.00000121. The van der Waals surface area contributed by atoms with Crippen molar-refractivity contribution in [2.45, 2.75) is 38.5 Å². The molecule has 2 atom stereocenters. The summed E-state index contributed by atoms with van der Waals surface area (Å²) >= 11 is 0. The highest BCUT2D eigenvalue weighted by Crippen LogP contribution is 2.23. The Hall–Kier alpha value is 0.170. The van der Waals surface area contributed by atoms with Crippen molar-refractivity contribution in [2.24, 2.45) is 5.73 Å².